The topological polar surface area (TPSA) is 81.9 Å². The van der Waals surface area contributed by atoms with Gasteiger partial charge in [-0.3, -0.25) is 4.79 Å². The minimum atomic E-state index is -0.116. The Kier molecular flexibility index (Phi) is 7.02. The average molecular weight is 398 g/mol. The fourth-order valence-electron chi connectivity index (χ4n) is 2.71. The third-order valence-electron chi connectivity index (χ3n) is 4.12. The minimum Gasteiger partial charge on any atom is -0.480 e. The highest BCUT2D eigenvalue weighted by molar-refractivity contribution is 7.99. The molecule has 1 N–H and O–H groups in total. The van der Waals surface area contributed by atoms with Crippen LogP contribution in [0.25, 0.3) is 5.82 Å². The van der Waals surface area contributed by atoms with Gasteiger partial charge in [0.15, 0.2) is 5.82 Å². The third kappa shape index (κ3) is 4.89. The fourth-order valence-corrected chi connectivity index (χ4v) is 3.59. The van der Waals surface area contributed by atoms with Crippen molar-refractivity contribution >= 4 is 17.7 Å². The lowest BCUT2D eigenvalue weighted by atomic mass is 10.2. The van der Waals surface area contributed by atoms with E-state index >= 15 is 0 Å². The molecule has 28 heavy (non-hydrogen) atoms. The van der Waals surface area contributed by atoms with Gasteiger partial charge in [0, 0.05) is 17.5 Å². The van der Waals surface area contributed by atoms with E-state index in [9.17, 15) is 4.79 Å². The molecule has 0 unspecified atom stereocenters. The first-order valence-corrected chi connectivity index (χ1v) is 10.1. The first kappa shape index (κ1) is 19.9. The molecule has 0 spiro atoms. The summed E-state index contributed by atoms with van der Waals surface area (Å²) >= 11 is 1.79. The first-order valence-electron chi connectivity index (χ1n) is 9.14. The Bertz CT molecular complexity index is 897. The van der Waals surface area contributed by atoms with Crippen LogP contribution in [-0.2, 0) is 6.42 Å². The van der Waals surface area contributed by atoms with Crippen LogP contribution in [0.5, 0.6) is 5.88 Å². The molecule has 0 fully saturated rings. The summed E-state index contributed by atoms with van der Waals surface area (Å²) in [6.45, 7) is 2.60. The van der Waals surface area contributed by atoms with Gasteiger partial charge in [-0.25, -0.2) is 4.68 Å². The molecule has 0 atom stereocenters. The van der Waals surface area contributed by atoms with Gasteiger partial charge < -0.3 is 10.1 Å². The molecule has 0 aliphatic heterocycles. The van der Waals surface area contributed by atoms with Crippen molar-refractivity contribution in [2.45, 2.75) is 24.7 Å². The van der Waals surface area contributed by atoms with Crippen LogP contribution < -0.4 is 10.1 Å². The Morgan fingerprint density at radius 2 is 2.00 bits per heavy atom. The largest absolute Gasteiger partial charge is 0.480 e. The van der Waals surface area contributed by atoms with Crippen molar-refractivity contribution in [1.82, 2.24) is 25.3 Å². The minimum absolute atomic E-state index is 0.116. The summed E-state index contributed by atoms with van der Waals surface area (Å²) in [4.78, 5) is 13.8. The van der Waals surface area contributed by atoms with Gasteiger partial charge in [-0.05, 0) is 36.8 Å². The van der Waals surface area contributed by atoms with Crippen LogP contribution in [0, 0.1) is 0 Å². The molecule has 2 heterocycles. The maximum Gasteiger partial charge on any atom is 0.254 e. The second-order valence-corrected chi connectivity index (χ2v) is 7.14. The molecule has 0 aliphatic carbocycles. The van der Waals surface area contributed by atoms with Gasteiger partial charge in [-0.2, -0.15) is 5.10 Å². The summed E-state index contributed by atoms with van der Waals surface area (Å²) in [5, 5.41) is 15.4. The summed E-state index contributed by atoms with van der Waals surface area (Å²) in [5.41, 5.74) is 1.37. The summed E-state index contributed by atoms with van der Waals surface area (Å²) in [6, 6.07) is 13.7. The third-order valence-corrected chi connectivity index (χ3v) is 5.22. The molecule has 3 rings (SSSR count). The number of benzene rings is 1. The summed E-state index contributed by atoms with van der Waals surface area (Å²) < 4.78 is 6.67. The van der Waals surface area contributed by atoms with E-state index in [1.165, 1.54) is 12.0 Å². The number of carbonyl (C=O) groups is 1. The number of ether oxygens (including phenoxy) is 1. The zero-order chi connectivity index (χ0) is 19.8. The van der Waals surface area contributed by atoms with Gasteiger partial charge in [0.25, 0.3) is 5.91 Å². The van der Waals surface area contributed by atoms with E-state index in [1.54, 1.807) is 34.8 Å². The maximum absolute atomic E-state index is 12.6. The number of methoxy groups -OCH3 is 1. The van der Waals surface area contributed by atoms with E-state index in [4.69, 9.17) is 4.74 Å². The molecule has 7 nitrogen and oxygen atoms in total. The highest BCUT2D eigenvalue weighted by Crippen LogP contribution is 2.18. The molecular formula is C20H23N5O2S. The number of amides is 1. The van der Waals surface area contributed by atoms with Crippen molar-refractivity contribution in [2.75, 3.05) is 19.4 Å². The molecule has 1 amide bonds. The Morgan fingerprint density at radius 1 is 1.18 bits per heavy atom. The number of aromatic nitrogens is 4. The van der Waals surface area contributed by atoms with Crippen molar-refractivity contribution in [3.8, 4) is 11.7 Å². The number of nitrogens with one attached hydrogen (secondary N) is 1. The molecule has 0 aliphatic rings. The van der Waals surface area contributed by atoms with Gasteiger partial charge in [0.05, 0.1) is 24.6 Å². The molecular weight excluding hydrogens is 374 g/mol. The van der Waals surface area contributed by atoms with Crippen LogP contribution in [0.15, 0.2) is 53.6 Å². The molecule has 0 radical (unpaired) electrons. The van der Waals surface area contributed by atoms with Crippen molar-refractivity contribution in [3.63, 3.8) is 0 Å². The molecule has 1 aromatic carbocycles. The van der Waals surface area contributed by atoms with Crippen molar-refractivity contribution in [3.05, 3.63) is 59.9 Å². The number of hydrogen-bond acceptors (Lipinski definition) is 6. The van der Waals surface area contributed by atoms with Gasteiger partial charge in [-0.1, -0.05) is 25.1 Å². The van der Waals surface area contributed by atoms with Crippen LogP contribution in [0.4, 0.5) is 0 Å². The fraction of sp³-hybridized carbons (Fsp3) is 0.300. The van der Waals surface area contributed by atoms with E-state index in [2.05, 4.69) is 32.7 Å². The summed E-state index contributed by atoms with van der Waals surface area (Å²) in [5.74, 6) is 1.82. The van der Waals surface area contributed by atoms with Gasteiger partial charge in [-0.15, -0.1) is 22.0 Å². The van der Waals surface area contributed by atoms with Gasteiger partial charge in [0.1, 0.15) is 0 Å². The van der Waals surface area contributed by atoms with Gasteiger partial charge in [0.2, 0.25) is 5.88 Å². The van der Waals surface area contributed by atoms with Crippen LogP contribution in [0.2, 0.25) is 0 Å². The number of rotatable bonds is 9. The summed E-state index contributed by atoms with van der Waals surface area (Å²) in [6.07, 6.45) is 3.13. The maximum atomic E-state index is 12.6. The Morgan fingerprint density at radius 3 is 2.68 bits per heavy atom. The summed E-state index contributed by atoms with van der Waals surface area (Å²) in [7, 11) is 1.54. The Labute approximate surface area is 168 Å². The first-order chi connectivity index (χ1) is 13.7. The number of nitrogens with zero attached hydrogens (tertiary/aromatic N) is 4. The lowest BCUT2D eigenvalue weighted by molar-refractivity contribution is 0.0953. The normalized spacial score (nSPS) is 10.6. The van der Waals surface area contributed by atoms with E-state index in [-0.39, 0.29) is 5.91 Å². The number of carbonyl (C=O) groups excluding carboxylic acids is 1. The van der Waals surface area contributed by atoms with E-state index in [0.29, 0.717) is 30.2 Å². The van der Waals surface area contributed by atoms with Crippen LogP contribution >= 0.6 is 11.8 Å². The molecule has 0 saturated carbocycles. The molecule has 0 saturated heterocycles. The standard InChI is InChI=1S/C20H23N5O2S/c1-3-17-16(14-22-25(17)18-10-11-19(27-2)24-23-18)20(26)21-12-7-13-28-15-8-5-4-6-9-15/h4-6,8-11,14H,3,7,12-13H2,1-2H3,(H,21,26). The monoisotopic (exact) mass is 397 g/mol. The van der Waals surface area contributed by atoms with Crippen LogP contribution in [0.1, 0.15) is 29.4 Å². The molecule has 0 bridgehead atoms. The Hall–Kier alpha value is -2.87. The van der Waals surface area contributed by atoms with Crippen molar-refractivity contribution < 1.29 is 9.53 Å². The average Bonchev–Trinajstić information content (AvgIpc) is 3.18. The van der Waals surface area contributed by atoms with Crippen molar-refractivity contribution in [1.29, 1.82) is 0 Å². The zero-order valence-electron chi connectivity index (χ0n) is 16.0. The van der Waals surface area contributed by atoms with Crippen LogP contribution in [0.3, 0.4) is 0 Å². The molecule has 3 aromatic rings. The van der Waals surface area contributed by atoms with E-state index < -0.39 is 0 Å². The predicted molar refractivity (Wildman–Crippen MR) is 109 cm³/mol. The number of thioether (sulfide) groups is 1. The lowest BCUT2D eigenvalue weighted by Gasteiger charge is -2.08. The smallest absolute Gasteiger partial charge is 0.254 e. The second-order valence-electron chi connectivity index (χ2n) is 5.98. The molecule has 146 valence electrons. The van der Waals surface area contributed by atoms with Crippen molar-refractivity contribution in [2.24, 2.45) is 0 Å². The highest BCUT2D eigenvalue weighted by Gasteiger charge is 2.17. The van der Waals surface area contributed by atoms with Crippen LogP contribution in [-0.4, -0.2) is 45.3 Å². The van der Waals surface area contributed by atoms with Gasteiger partial charge >= 0.3 is 0 Å². The lowest BCUT2D eigenvalue weighted by Crippen LogP contribution is -2.25. The second kappa shape index (κ2) is 9.89. The van der Waals surface area contributed by atoms with E-state index in [0.717, 1.165) is 17.9 Å². The van der Waals surface area contributed by atoms with E-state index in [1.807, 2.05) is 25.1 Å². The predicted octanol–water partition coefficient (Wildman–Crippen LogP) is 3.15. The number of hydrogen-bond donors (Lipinski definition) is 1. The molecule has 2 aromatic heterocycles. The SMILES string of the molecule is CCc1c(C(=O)NCCCSc2ccccc2)cnn1-c1ccc(OC)nn1. The quantitative estimate of drug-likeness (QED) is 0.441. The molecule has 8 heteroatoms. The highest BCUT2D eigenvalue weighted by atomic mass is 32.2. The Balaban J connectivity index is 1.56. The zero-order valence-corrected chi connectivity index (χ0v) is 16.8.